The van der Waals surface area contributed by atoms with Gasteiger partial charge in [0, 0.05) is 24.8 Å². The first-order valence-electron chi connectivity index (χ1n) is 10.2. The van der Waals surface area contributed by atoms with Gasteiger partial charge in [0.05, 0.1) is 13.2 Å². The van der Waals surface area contributed by atoms with Crippen LogP contribution >= 0.6 is 0 Å². The molecule has 0 radical (unpaired) electrons. The summed E-state index contributed by atoms with van der Waals surface area (Å²) in [5, 5.41) is 21.2. The molecule has 1 aliphatic heterocycles. The number of allylic oxidation sites excluding steroid dienone is 2. The predicted molar refractivity (Wildman–Crippen MR) is 113 cm³/mol. The molecular weight excluding hydrogens is 376 g/mol. The van der Waals surface area contributed by atoms with Crippen LogP contribution in [0.5, 0.6) is 5.75 Å². The summed E-state index contributed by atoms with van der Waals surface area (Å²) in [5.74, 6) is -0.151. The highest BCUT2D eigenvalue weighted by Crippen LogP contribution is 2.54. The van der Waals surface area contributed by atoms with E-state index < -0.39 is 11.6 Å². The van der Waals surface area contributed by atoms with Gasteiger partial charge in [-0.15, -0.1) is 0 Å². The third-order valence-corrected chi connectivity index (χ3v) is 6.48. The number of ether oxygens (including phenoxy) is 1. The third kappa shape index (κ3) is 3.28. The van der Waals surface area contributed by atoms with Crippen LogP contribution in [0.2, 0.25) is 0 Å². The number of hydrogen-bond donors (Lipinski definition) is 1. The molecule has 5 heteroatoms. The van der Waals surface area contributed by atoms with Crippen LogP contribution in [0.15, 0.2) is 66.2 Å². The Morgan fingerprint density at radius 3 is 2.53 bits per heavy atom. The van der Waals surface area contributed by atoms with Crippen molar-refractivity contribution in [2.75, 3.05) is 7.11 Å². The number of methoxy groups -OCH3 is 1. The maximum Gasteiger partial charge on any atom is 0.246 e. The molecule has 0 saturated carbocycles. The molecule has 1 amide bonds. The van der Waals surface area contributed by atoms with Gasteiger partial charge in [0.25, 0.3) is 0 Å². The second-order valence-corrected chi connectivity index (χ2v) is 8.27. The fourth-order valence-corrected chi connectivity index (χ4v) is 4.96. The van der Waals surface area contributed by atoms with E-state index in [9.17, 15) is 15.2 Å². The molecule has 1 heterocycles. The van der Waals surface area contributed by atoms with Gasteiger partial charge in [0.15, 0.2) is 0 Å². The summed E-state index contributed by atoms with van der Waals surface area (Å²) in [7, 11) is 1.61. The number of aliphatic hydroxyl groups is 1. The van der Waals surface area contributed by atoms with Crippen LogP contribution < -0.4 is 4.74 Å². The van der Waals surface area contributed by atoms with Crippen LogP contribution in [0.1, 0.15) is 36.8 Å². The zero-order valence-corrected chi connectivity index (χ0v) is 17.3. The van der Waals surface area contributed by atoms with E-state index in [1.807, 2.05) is 67.6 Å². The smallest absolute Gasteiger partial charge is 0.246 e. The van der Waals surface area contributed by atoms with E-state index in [-0.39, 0.29) is 24.3 Å². The largest absolute Gasteiger partial charge is 0.497 e. The van der Waals surface area contributed by atoms with Crippen molar-refractivity contribution in [2.24, 2.45) is 11.3 Å². The highest BCUT2D eigenvalue weighted by molar-refractivity contribution is 5.89. The molecule has 5 nitrogen and oxygen atoms in total. The molecule has 0 aromatic heterocycles. The molecule has 30 heavy (non-hydrogen) atoms. The molecule has 1 saturated heterocycles. The summed E-state index contributed by atoms with van der Waals surface area (Å²) in [5.41, 5.74) is 1.78. The fourth-order valence-electron chi connectivity index (χ4n) is 4.96. The maximum absolute atomic E-state index is 13.8. The Balaban J connectivity index is 1.76. The summed E-state index contributed by atoms with van der Waals surface area (Å²) in [6.07, 6.45) is 2.10. The second-order valence-electron chi connectivity index (χ2n) is 8.27. The van der Waals surface area contributed by atoms with E-state index in [2.05, 4.69) is 6.07 Å². The lowest BCUT2D eigenvalue weighted by molar-refractivity contribution is -0.166. The van der Waals surface area contributed by atoms with Gasteiger partial charge in [-0.2, -0.15) is 5.26 Å². The summed E-state index contributed by atoms with van der Waals surface area (Å²) in [4.78, 5) is 15.3. The first-order valence-corrected chi connectivity index (χ1v) is 10.2. The molecule has 0 unspecified atom stereocenters. The molecule has 1 aliphatic carbocycles. The minimum absolute atomic E-state index is 0.276. The number of aliphatic hydroxyl groups excluding tert-OH is 1. The number of piperidine rings is 1. The normalized spacial score (nSPS) is 28.3. The molecule has 1 fully saturated rings. The zero-order valence-electron chi connectivity index (χ0n) is 17.3. The van der Waals surface area contributed by atoms with E-state index >= 15 is 0 Å². The lowest BCUT2D eigenvalue weighted by Gasteiger charge is -2.50. The van der Waals surface area contributed by atoms with Crippen molar-refractivity contribution < 1.29 is 14.6 Å². The van der Waals surface area contributed by atoms with Crippen molar-refractivity contribution in [1.82, 2.24) is 4.90 Å². The topological polar surface area (TPSA) is 73.6 Å². The van der Waals surface area contributed by atoms with Crippen LogP contribution in [-0.2, 0) is 11.3 Å². The molecule has 2 aromatic rings. The lowest BCUT2D eigenvalue weighted by Crippen LogP contribution is -2.59. The van der Waals surface area contributed by atoms with Crippen molar-refractivity contribution in [3.05, 3.63) is 77.4 Å². The first-order chi connectivity index (χ1) is 14.5. The van der Waals surface area contributed by atoms with Crippen molar-refractivity contribution in [3.8, 4) is 11.8 Å². The third-order valence-electron chi connectivity index (χ3n) is 6.48. The summed E-state index contributed by atoms with van der Waals surface area (Å²) in [6.45, 7) is 2.32. The minimum Gasteiger partial charge on any atom is -0.497 e. The van der Waals surface area contributed by atoms with Gasteiger partial charge in [-0.05, 0) is 36.6 Å². The number of nitriles is 1. The van der Waals surface area contributed by atoms with E-state index in [0.717, 1.165) is 22.4 Å². The Morgan fingerprint density at radius 1 is 1.20 bits per heavy atom. The Bertz CT molecular complexity index is 993. The van der Waals surface area contributed by atoms with Gasteiger partial charge >= 0.3 is 0 Å². The average Bonchev–Trinajstić information content (AvgIpc) is 2.77. The van der Waals surface area contributed by atoms with Crippen LogP contribution in [-0.4, -0.2) is 29.3 Å². The number of benzene rings is 2. The number of carbonyl (C=O) groups is 1. The van der Waals surface area contributed by atoms with Crippen LogP contribution in [0, 0.1) is 22.7 Å². The van der Waals surface area contributed by atoms with Gasteiger partial charge < -0.3 is 14.7 Å². The number of fused-ring (bicyclic) bond motifs is 1. The number of nitrogens with zero attached hydrogens (tertiary/aromatic N) is 2. The predicted octanol–water partition coefficient (Wildman–Crippen LogP) is 4.01. The van der Waals surface area contributed by atoms with Crippen molar-refractivity contribution in [3.63, 3.8) is 0 Å². The quantitative estimate of drug-likeness (QED) is 0.785. The van der Waals surface area contributed by atoms with Gasteiger partial charge in [0.2, 0.25) is 5.91 Å². The van der Waals surface area contributed by atoms with Gasteiger partial charge in [-0.25, -0.2) is 0 Å². The molecule has 0 bridgehead atoms. The highest BCUT2D eigenvalue weighted by Gasteiger charge is 2.59. The SMILES string of the molecule is COc1ccc([C@@H]2CC(C)=C[C@@H]3C[C@H](O)N(Cc4ccccc4)C(=O)[C@@]32C#N)cc1. The molecule has 2 aromatic carbocycles. The number of amides is 1. The Morgan fingerprint density at radius 2 is 1.90 bits per heavy atom. The lowest BCUT2D eigenvalue weighted by atomic mass is 9.56. The average molecular weight is 402 g/mol. The van der Waals surface area contributed by atoms with Crippen LogP contribution in [0.3, 0.4) is 0 Å². The first kappa shape index (κ1) is 20.2. The van der Waals surface area contributed by atoms with E-state index in [0.29, 0.717) is 12.8 Å². The maximum atomic E-state index is 13.8. The second kappa shape index (κ2) is 7.97. The van der Waals surface area contributed by atoms with Gasteiger partial charge in [-0.3, -0.25) is 4.79 Å². The van der Waals surface area contributed by atoms with E-state index in [1.54, 1.807) is 7.11 Å². The summed E-state index contributed by atoms with van der Waals surface area (Å²) < 4.78 is 5.27. The van der Waals surface area contributed by atoms with Crippen LogP contribution in [0.4, 0.5) is 0 Å². The number of carbonyl (C=O) groups excluding carboxylic acids is 1. The molecule has 2 aliphatic rings. The summed E-state index contributed by atoms with van der Waals surface area (Å²) >= 11 is 0. The highest BCUT2D eigenvalue weighted by atomic mass is 16.5. The van der Waals surface area contributed by atoms with E-state index in [4.69, 9.17) is 4.74 Å². The van der Waals surface area contributed by atoms with Crippen molar-refractivity contribution >= 4 is 5.91 Å². The van der Waals surface area contributed by atoms with E-state index in [1.165, 1.54) is 4.90 Å². The molecule has 4 atom stereocenters. The molecular formula is C25H26N2O3. The minimum atomic E-state index is -1.23. The van der Waals surface area contributed by atoms with Crippen molar-refractivity contribution in [2.45, 2.75) is 38.5 Å². The van der Waals surface area contributed by atoms with Crippen LogP contribution in [0.25, 0.3) is 0 Å². The Labute approximate surface area is 177 Å². The fraction of sp³-hybridized carbons (Fsp3) is 0.360. The standard InChI is InChI=1S/C25H26N2O3/c1-17-12-20-14-23(28)27(15-18-6-4-3-5-7-18)24(29)25(20,16-26)22(13-17)19-8-10-21(30-2)11-9-19/h3-12,20,22-23,28H,13-15H2,1-2H3/t20-,22+,23+,25+/m1/s1. The monoisotopic (exact) mass is 402 g/mol. The summed E-state index contributed by atoms with van der Waals surface area (Å²) in [6, 6.07) is 19.6. The molecule has 1 N–H and O–H groups in total. The Hall–Kier alpha value is -3.10. The Kier molecular flexibility index (Phi) is 5.36. The molecule has 0 spiro atoms. The molecule has 154 valence electrons. The van der Waals surface area contributed by atoms with Gasteiger partial charge in [-0.1, -0.05) is 54.1 Å². The molecule has 4 rings (SSSR count). The number of likely N-dealkylation sites (tertiary alicyclic amines) is 1. The number of hydrogen-bond acceptors (Lipinski definition) is 4. The zero-order chi connectivity index (χ0) is 21.3. The number of rotatable bonds is 4. The van der Waals surface area contributed by atoms with Gasteiger partial charge in [0.1, 0.15) is 17.4 Å². The van der Waals surface area contributed by atoms with Crippen molar-refractivity contribution in [1.29, 1.82) is 5.26 Å².